The van der Waals surface area contributed by atoms with Gasteiger partial charge in [0.25, 0.3) is 0 Å². The standard InChI is InChI=1S/C14H18F2O/c1-2-14(5-3-4-6-14)13(17)10-7-11(15)9-12(16)8-10/h7-9,13,17H,2-6H2,1H3. The lowest BCUT2D eigenvalue weighted by molar-refractivity contribution is 0.0233. The number of aliphatic hydroxyl groups is 1. The van der Waals surface area contributed by atoms with E-state index in [0.29, 0.717) is 5.56 Å². The van der Waals surface area contributed by atoms with Crippen LogP contribution in [0.4, 0.5) is 8.78 Å². The van der Waals surface area contributed by atoms with Gasteiger partial charge >= 0.3 is 0 Å². The van der Waals surface area contributed by atoms with Gasteiger partial charge in [0, 0.05) is 11.5 Å². The summed E-state index contributed by atoms with van der Waals surface area (Å²) in [5.41, 5.74) is 0.173. The van der Waals surface area contributed by atoms with E-state index in [1.165, 1.54) is 12.1 Å². The topological polar surface area (TPSA) is 20.2 Å². The van der Waals surface area contributed by atoms with Crippen molar-refractivity contribution in [2.75, 3.05) is 0 Å². The van der Waals surface area contributed by atoms with E-state index in [-0.39, 0.29) is 5.41 Å². The van der Waals surface area contributed by atoms with Gasteiger partial charge in [0.05, 0.1) is 6.10 Å². The van der Waals surface area contributed by atoms with Gasteiger partial charge in [0.1, 0.15) is 11.6 Å². The minimum Gasteiger partial charge on any atom is -0.388 e. The van der Waals surface area contributed by atoms with Gasteiger partial charge in [-0.1, -0.05) is 19.8 Å². The minimum atomic E-state index is -0.764. The van der Waals surface area contributed by atoms with E-state index in [9.17, 15) is 13.9 Å². The Bertz CT molecular complexity index is 377. The summed E-state index contributed by atoms with van der Waals surface area (Å²) < 4.78 is 26.3. The molecule has 1 fully saturated rings. The number of hydrogen-bond donors (Lipinski definition) is 1. The Morgan fingerprint density at radius 3 is 2.18 bits per heavy atom. The summed E-state index contributed by atoms with van der Waals surface area (Å²) in [6.45, 7) is 2.03. The van der Waals surface area contributed by atoms with Gasteiger partial charge in [-0.2, -0.15) is 0 Å². The van der Waals surface area contributed by atoms with Crippen LogP contribution in [0.2, 0.25) is 0 Å². The molecule has 1 aliphatic rings. The molecule has 0 aliphatic heterocycles. The molecule has 1 saturated carbocycles. The van der Waals surface area contributed by atoms with E-state index in [4.69, 9.17) is 0 Å². The van der Waals surface area contributed by atoms with Crippen LogP contribution in [0, 0.1) is 17.0 Å². The van der Waals surface area contributed by atoms with Crippen molar-refractivity contribution >= 4 is 0 Å². The first kappa shape index (κ1) is 12.5. The maximum Gasteiger partial charge on any atom is 0.126 e. The maximum absolute atomic E-state index is 13.2. The van der Waals surface area contributed by atoms with Crippen LogP contribution >= 0.6 is 0 Å². The average molecular weight is 240 g/mol. The minimum absolute atomic E-state index is 0.194. The predicted octanol–water partition coefficient (Wildman–Crippen LogP) is 3.97. The molecule has 0 radical (unpaired) electrons. The number of aliphatic hydroxyl groups excluding tert-OH is 1. The summed E-state index contributed by atoms with van der Waals surface area (Å²) >= 11 is 0. The van der Waals surface area contributed by atoms with Crippen LogP contribution in [-0.2, 0) is 0 Å². The Labute approximate surface area is 100 Å². The quantitative estimate of drug-likeness (QED) is 0.847. The number of halogens is 2. The van der Waals surface area contributed by atoms with Gasteiger partial charge in [-0.3, -0.25) is 0 Å². The number of rotatable bonds is 3. The first-order valence-corrected chi connectivity index (χ1v) is 6.21. The highest BCUT2D eigenvalue weighted by molar-refractivity contribution is 5.22. The van der Waals surface area contributed by atoms with Crippen LogP contribution in [-0.4, -0.2) is 5.11 Å². The molecule has 0 aromatic heterocycles. The third-order valence-corrected chi connectivity index (χ3v) is 4.08. The predicted molar refractivity (Wildman–Crippen MR) is 62.5 cm³/mol. The van der Waals surface area contributed by atoms with Crippen LogP contribution in [0.25, 0.3) is 0 Å². The highest BCUT2D eigenvalue weighted by Crippen LogP contribution is 2.50. The summed E-state index contributed by atoms with van der Waals surface area (Å²) in [7, 11) is 0. The van der Waals surface area contributed by atoms with Gasteiger partial charge in [0.15, 0.2) is 0 Å². The Balaban J connectivity index is 2.32. The molecule has 3 heteroatoms. The van der Waals surface area contributed by atoms with Crippen LogP contribution in [0.5, 0.6) is 0 Å². The van der Waals surface area contributed by atoms with Crippen molar-refractivity contribution in [3.8, 4) is 0 Å². The van der Waals surface area contributed by atoms with Gasteiger partial charge in [-0.25, -0.2) is 8.78 Å². The normalized spacial score (nSPS) is 20.5. The van der Waals surface area contributed by atoms with Gasteiger partial charge in [-0.05, 0) is 37.0 Å². The van der Waals surface area contributed by atoms with E-state index in [1.54, 1.807) is 0 Å². The van der Waals surface area contributed by atoms with Gasteiger partial charge in [0.2, 0.25) is 0 Å². The molecule has 1 aliphatic carbocycles. The lowest BCUT2D eigenvalue weighted by Gasteiger charge is -2.33. The fourth-order valence-corrected chi connectivity index (χ4v) is 2.99. The summed E-state index contributed by atoms with van der Waals surface area (Å²) in [6.07, 6.45) is 4.11. The monoisotopic (exact) mass is 240 g/mol. The molecule has 1 aromatic rings. The molecule has 0 amide bonds. The Morgan fingerprint density at radius 1 is 1.18 bits per heavy atom. The largest absolute Gasteiger partial charge is 0.388 e. The highest BCUT2D eigenvalue weighted by atomic mass is 19.1. The number of benzene rings is 1. The molecule has 1 unspecified atom stereocenters. The summed E-state index contributed by atoms with van der Waals surface area (Å²) in [6, 6.07) is 3.32. The Hall–Kier alpha value is -0.960. The molecular formula is C14H18F2O. The maximum atomic E-state index is 13.2. The zero-order valence-electron chi connectivity index (χ0n) is 10.0. The lowest BCUT2D eigenvalue weighted by atomic mass is 9.75. The molecule has 0 heterocycles. The van der Waals surface area contributed by atoms with Crippen LogP contribution in [0.1, 0.15) is 50.7 Å². The zero-order chi connectivity index (χ0) is 12.5. The molecule has 0 saturated heterocycles. The molecule has 1 atom stereocenters. The molecule has 1 N–H and O–H groups in total. The first-order valence-electron chi connectivity index (χ1n) is 6.21. The zero-order valence-corrected chi connectivity index (χ0v) is 10.0. The van der Waals surface area contributed by atoms with Crippen molar-refractivity contribution in [1.82, 2.24) is 0 Å². The van der Waals surface area contributed by atoms with Crippen molar-refractivity contribution in [1.29, 1.82) is 0 Å². The third-order valence-electron chi connectivity index (χ3n) is 4.08. The highest BCUT2D eigenvalue weighted by Gasteiger charge is 2.39. The SMILES string of the molecule is CCC1(C(O)c2cc(F)cc(F)c2)CCCC1. The van der Waals surface area contributed by atoms with E-state index >= 15 is 0 Å². The molecule has 2 rings (SSSR count). The van der Waals surface area contributed by atoms with Gasteiger partial charge in [-0.15, -0.1) is 0 Å². The van der Waals surface area contributed by atoms with Crippen molar-refractivity contribution in [3.05, 3.63) is 35.4 Å². The number of hydrogen-bond acceptors (Lipinski definition) is 1. The van der Waals surface area contributed by atoms with E-state index < -0.39 is 17.7 Å². The molecule has 1 aromatic carbocycles. The van der Waals surface area contributed by atoms with Crippen LogP contribution in [0.3, 0.4) is 0 Å². The summed E-state index contributed by atoms with van der Waals surface area (Å²) in [5.74, 6) is -1.24. The van der Waals surface area contributed by atoms with E-state index in [2.05, 4.69) is 0 Å². The fraction of sp³-hybridized carbons (Fsp3) is 0.571. The second kappa shape index (κ2) is 4.73. The summed E-state index contributed by atoms with van der Waals surface area (Å²) in [4.78, 5) is 0. The van der Waals surface area contributed by atoms with E-state index in [0.717, 1.165) is 38.2 Å². The Kier molecular flexibility index (Phi) is 3.48. The second-order valence-electron chi connectivity index (χ2n) is 5.03. The lowest BCUT2D eigenvalue weighted by Crippen LogP contribution is -2.25. The smallest absolute Gasteiger partial charge is 0.126 e. The average Bonchev–Trinajstić information content (AvgIpc) is 2.76. The van der Waals surface area contributed by atoms with Crippen molar-refractivity contribution in [2.45, 2.75) is 45.1 Å². The summed E-state index contributed by atoms with van der Waals surface area (Å²) in [5, 5.41) is 10.4. The second-order valence-corrected chi connectivity index (χ2v) is 5.03. The van der Waals surface area contributed by atoms with Crippen LogP contribution in [0.15, 0.2) is 18.2 Å². The third kappa shape index (κ3) is 2.34. The van der Waals surface area contributed by atoms with Crippen molar-refractivity contribution < 1.29 is 13.9 Å². The first-order chi connectivity index (χ1) is 8.07. The molecule has 0 bridgehead atoms. The molecule has 94 valence electrons. The molecule has 0 spiro atoms. The fourth-order valence-electron chi connectivity index (χ4n) is 2.99. The molecular weight excluding hydrogens is 222 g/mol. The van der Waals surface area contributed by atoms with Crippen molar-refractivity contribution in [2.24, 2.45) is 5.41 Å². The van der Waals surface area contributed by atoms with Crippen molar-refractivity contribution in [3.63, 3.8) is 0 Å². The van der Waals surface area contributed by atoms with Crippen LogP contribution < -0.4 is 0 Å². The Morgan fingerprint density at radius 2 is 1.71 bits per heavy atom. The van der Waals surface area contributed by atoms with E-state index in [1.807, 2.05) is 6.92 Å². The molecule has 1 nitrogen and oxygen atoms in total. The van der Waals surface area contributed by atoms with Gasteiger partial charge < -0.3 is 5.11 Å². The molecule has 17 heavy (non-hydrogen) atoms.